The maximum Gasteiger partial charge on any atom is 0.185 e. The molecular weight excluding hydrogens is 362 g/mol. The predicted octanol–water partition coefficient (Wildman–Crippen LogP) is 5.19. The van der Waals surface area contributed by atoms with Crippen LogP contribution in [0.3, 0.4) is 0 Å². The monoisotopic (exact) mass is 387 g/mol. The van der Waals surface area contributed by atoms with Gasteiger partial charge in [-0.15, -0.1) is 5.10 Å². The number of para-hydroxylation sites is 2. The van der Waals surface area contributed by atoms with Gasteiger partial charge in [0.05, 0.1) is 17.9 Å². The number of ether oxygens (including phenoxy) is 1. The van der Waals surface area contributed by atoms with Gasteiger partial charge in [-0.05, 0) is 44.5 Å². The molecular formula is C23H25N5O. The zero-order valence-electron chi connectivity index (χ0n) is 17.0. The molecule has 0 aliphatic heterocycles. The molecule has 0 aliphatic rings. The Morgan fingerprint density at radius 3 is 2.48 bits per heavy atom. The van der Waals surface area contributed by atoms with Crippen molar-refractivity contribution in [2.45, 2.75) is 33.6 Å². The van der Waals surface area contributed by atoms with Crippen molar-refractivity contribution in [2.24, 2.45) is 0 Å². The summed E-state index contributed by atoms with van der Waals surface area (Å²) in [4.78, 5) is 9.65. The molecule has 0 aliphatic carbocycles. The number of nitrogens with one attached hydrogen (secondary N) is 1. The van der Waals surface area contributed by atoms with Crippen molar-refractivity contribution in [1.29, 1.82) is 0 Å². The molecule has 1 N–H and O–H groups in total. The van der Waals surface area contributed by atoms with Gasteiger partial charge in [0.25, 0.3) is 0 Å². The maximum absolute atomic E-state index is 5.82. The molecule has 0 spiro atoms. The van der Waals surface area contributed by atoms with Crippen molar-refractivity contribution in [3.63, 3.8) is 0 Å². The molecule has 148 valence electrons. The third-order valence-electron chi connectivity index (χ3n) is 4.67. The van der Waals surface area contributed by atoms with E-state index in [1.165, 1.54) is 0 Å². The summed E-state index contributed by atoms with van der Waals surface area (Å²) in [7, 11) is 0. The molecule has 2 aromatic carbocycles. The van der Waals surface area contributed by atoms with Crippen LogP contribution in [0.2, 0.25) is 0 Å². The molecule has 0 atom stereocenters. The van der Waals surface area contributed by atoms with Crippen molar-refractivity contribution in [3.05, 3.63) is 66.1 Å². The normalized spacial score (nSPS) is 11.0. The summed E-state index contributed by atoms with van der Waals surface area (Å²) in [5.74, 6) is 3.05. The van der Waals surface area contributed by atoms with Gasteiger partial charge in [-0.25, -0.2) is 14.5 Å². The van der Waals surface area contributed by atoms with Gasteiger partial charge in [-0.2, -0.15) is 0 Å². The van der Waals surface area contributed by atoms with Gasteiger partial charge in [0.15, 0.2) is 11.6 Å². The Morgan fingerprint density at radius 1 is 0.966 bits per heavy atom. The number of aromatic nitrogens is 4. The molecule has 2 heterocycles. The van der Waals surface area contributed by atoms with Crippen LogP contribution in [0.15, 0.2) is 54.6 Å². The van der Waals surface area contributed by atoms with Crippen molar-refractivity contribution >= 4 is 17.0 Å². The summed E-state index contributed by atoms with van der Waals surface area (Å²) in [6, 6.07) is 17.9. The minimum absolute atomic E-state index is 0.583. The van der Waals surface area contributed by atoms with Gasteiger partial charge in [0, 0.05) is 12.1 Å². The summed E-state index contributed by atoms with van der Waals surface area (Å²) in [6.45, 7) is 6.70. The van der Waals surface area contributed by atoms with E-state index in [1.54, 1.807) is 0 Å². The average molecular weight is 387 g/mol. The Hall–Kier alpha value is -3.41. The first-order valence-corrected chi connectivity index (χ1v) is 10.0. The average Bonchev–Trinajstić information content (AvgIpc) is 3.05. The van der Waals surface area contributed by atoms with E-state index in [4.69, 9.17) is 19.8 Å². The van der Waals surface area contributed by atoms with E-state index in [9.17, 15) is 0 Å². The number of hydrogen-bond donors (Lipinski definition) is 1. The molecule has 29 heavy (non-hydrogen) atoms. The van der Waals surface area contributed by atoms with Crippen molar-refractivity contribution < 1.29 is 4.74 Å². The summed E-state index contributed by atoms with van der Waals surface area (Å²) in [6.07, 6.45) is 1.85. The fourth-order valence-electron chi connectivity index (χ4n) is 3.41. The maximum atomic E-state index is 5.82. The molecule has 4 rings (SSSR count). The van der Waals surface area contributed by atoms with Gasteiger partial charge in [0.2, 0.25) is 0 Å². The van der Waals surface area contributed by atoms with Crippen LogP contribution in [-0.4, -0.2) is 26.2 Å². The lowest BCUT2D eigenvalue weighted by Crippen LogP contribution is -2.07. The molecule has 2 aromatic heterocycles. The van der Waals surface area contributed by atoms with Crippen molar-refractivity contribution in [3.8, 4) is 17.1 Å². The number of fused-ring (bicyclic) bond motifs is 1. The predicted molar refractivity (Wildman–Crippen MR) is 116 cm³/mol. The Morgan fingerprint density at radius 2 is 1.72 bits per heavy atom. The van der Waals surface area contributed by atoms with Gasteiger partial charge < -0.3 is 10.1 Å². The fourth-order valence-corrected chi connectivity index (χ4v) is 3.41. The van der Waals surface area contributed by atoms with Crippen LogP contribution in [-0.2, 0) is 6.42 Å². The lowest BCUT2D eigenvalue weighted by Gasteiger charge is -2.13. The van der Waals surface area contributed by atoms with E-state index >= 15 is 0 Å². The summed E-state index contributed by atoms with van der Waals surface area (Å²) < 4.78 is 7.75. The number of aryl methyl sites for hydroxylation is 2. The Kier molecular flexibility index (Phi) is 5.42. The lowest BCUT2D eigenvalue weighted by atomic mass is 10.2. The van der Waals surface area contributed by atoms with E-state index in [1.807, 2.05) is 73.0 Å². The van der Waals surface area contributed by atoms with Crippen LogP contribution < -0.4 is 10.1 Å². The Balaban J connectivity index is 1.93. The van der Waals surface area contributed by atoms with Crippen LogP contribution in [0.25, 0.3) is 16.9 Å². The Labute approximate surface area is 170 Å². The second-order valence-electron chi connectivity index (χ2n) is 6.83. The van der Waals surface area contributed by atoms with E-state index in [0.29, 0.717) is 12.4 Å². The third kappa shape index (κ3) is 3.78. The smallest absolute Gasteiger partial charge is 0.185 e. The van der Waals surface area contributed by atoms with Gasteiger partial charge in [-0.3, -0.25) is 0 Å². The fraction of sp³-hybridized carbons (Fsp3) is 0.261. The highest BCUT2D eigenvalue weighted by atomic mass is 16.5. The topological polar surface area (TPSA) is 64.3 Å². The summed E-state index contributed by atoms with van der Waals surface area (Å²) >= 11 is 0. The summed E-state index contributed by atoms with van der Waals surface area (Å²) in [5.41, 5.74) is 3.64. The number of anilines is 2. The number of imidazole rings is 1. The second kappa shape index (κ2) is 8.31. The van der Waals surface area contributed by atoms with Crippen LogP contribution in [0.1, 0.15) is 31.8 Å². The van der Waals surface area contributed by atoms with Gasteiger partial charge in [-0.1, -0.05) is 37.3 Å². The molecule has 0 fully saturated rings. The standard InChI is InChI=1S/C23H25N5O/c1-4-11-20-24-16(3)21-23(25-17-12-7-6-8-13-17)26-22(27-28(20)21)18-14-9-10-15-19(18)29-5-2/h6-10,12-15H,4-5,11H2,1-3H3,(H,25,26,27). The van der Waals surface area contributed by atoms with E-state index < -0.39 is 0 Å². The highest BCUT2D eigenvalue weighted by Crippen LogP contribution is 2.31. The zero-order chi connectivity index (χ0) is 20.2. The van der Waals surface area contributed by atoms with Crippen LogP contribution in [0.4, 0.5) is 11.5 Å². The first kappa shape index (κ1) is 18.9. The molecule has 6 nitrogen and oxygen atoms in total. The first-order valence-electron chi connectivity index (χ1n) is 10.0. The van der Waals surface area contributed by atoms with E-state index in [-0.39, 0.29) is 0 Å². The summed E-state index contributed by atoms with van der Waals surface area (Å²) in [5, 5.41) is 8.31. The molecule has 0 saturated carbocycles. The first-order chi connectivity index (χ1) is 14.2. The van der Waals surface area contributed by atoms with E-state index in [2.05, 4.69) is 12.2 Å². The largest absolute Gasteiger partial charge is 0.493 e. The quantitative estimate of drug-likeness (QED) is 0.472. The van der Waals surface area contributed by atoms with Gasteiger partial charge >= 0.3 is 0 Å². The second-order valence-corrected chi connectivity index (χ2v) is 6.83. The van der Waals surface area contributed by atoms with Crippen LogP contribution in [0, 0.1) is 6.92 Å². The van der Waals surface area contributed by atoms with Crippen LogP contribution in [0.5, 0.6) is 5.75 Å². The molecule has 0 bridgehead atoms. The number of rotatable bonds is 7. The molecule has 0 unspecified atom stereocenters. The lowest BCUT2D eigenvalue weighted by molar-refractivity contribution is 0.341. The zero-order valence-corrected chi connectivity index (χ0v) is 17.0. The molecule has 0 radical (unpaired) electrons. The van der Waals surface area contributed by atoms with Gasteiger partial charge in [0.1, 0.15) is 17.1 Å². The van der Waals surface area contributed by atoms with Crippen LogP contribution >= 0.6 is 0 Å². The number of benzene rings is 2. The minimum atomic E-state index is 0.583. The molecule has 0 amide bonds. The molecule has 0 saturated heterocycles. The molecule has 6 heteroatoms. The van der Waals surface area contributed by atoms with Crippen molar-refractivity contribution in [2.75, 3.05) is 11.9 Å². The number of nitrogens with zero attached hydrogens (tertiary/aromatic N) is 4. The highest BCUT2D eigenvalue weighted by Gasteiger charge is 2.18. The SMILES string of the molecule is CCCc1nc(C)c2c(Nc3ccccc3)nc(-c3ccccc3OCC)nn12. The third-order valence-corrected chi connectivity index (χ3v) is 4.67. The minimum Gasteiger partial charge on any atom is -0.493 e. The number of hydrogen-bond acceptors (Lipinski definition) is 5. The molecule has 4 aromatic rings. The van der Waals surface area contributed by atoms with E-state index in [0.717, 1.165) is 52.7 Å². The van der Waals surface area contributed by atoms with Crippen molar-refractivity contribution in [1.82, 2.24) is 19.6 Å². The Bertz CT molecular complexity index is 1120. The highest BCUT2D eigenvalue weighted by molar-refractivity contribution is 5.78.